The molecule has 1 aliphatic rings. The molecule has 90 valence electrons. The smallest absolute Gasteiger partial charge is 0.0643 e. The number of hydrogen-bond acceptors (Lipinski definition) is 2. The molecule has 1 aliphatic carbocycles. The highest BCUT2D eigenvalue weighted by atomic mass is 15.3. The highest BCUT2D eigenvalue weighted by Gasteiger charge is 2.25. The summed E-state index contributed by atoms with van der Waals surface area (Å²) in [4.78, 5) is 0. The second-order valence-electron chi connectivity index (χ2n) is 5.41. The Bertz CT molecular complexity index is 348. The topological polar surface area (TPSA) is 43.8 Å². The molecule has 1 fully saturated rings. The van der Waals surface area contributed by atoms with E-state index in [1.165, 1.54) is 25.0 Å². The van der Waals surface area contributed by atoms with Crippen LogP contribution in [0.2, 0.25) is 0 Å². The van der Waals surface area contributed by atoms with Gasteiger partial charge in [0.05, 0.1) is 5.69 Å². The Morgan fingerprint density at radius 1 is 1.44 bits per heavy atom. The molecule has 0 radical (unpaired) electrons. The van der Waals surface area contributed by atoms with E-state index in [1.54, 1.807) is 0 Å². The van der Waals surface area contributed by atoms with Gasteiger partial charge in [-0.25, -0.2) is 0 Å². The van der Waals surface area contributed by atoms with Gasteiger partial charge in [-0.05, 0) is 39.7 Å². The molecule has 3 heteroatoms. The van der Waals surface area contributed by atoms with Crippen molar-refractivity contribution in [3.05, 3.63) is 17.5 Å². The summed E-state index contributed by atoms with van der Waals surface area (Å²) in [6, 6.07) is 2.93. The van der Waals surface area contributed by atoms with E-state index in [1.807, 2.05) is 6.92 Å². The van der Waals surface area contributed by atoms with Gasteiger partial charge in [0.15, 0.2) is 0 Å². The van der Waals surface area contributed by atoms with Gasteiger partial charge >= 0.3 is 0 Å². The van der Waals surface area contributed by atoms with Crippen LogP contribution in [0.1, 0.15) is 63.4 Å². The number of aromatic nitrogens is 2. The molecule has 1 aromatic heterocycles. The molecular weight excluding hydrogens is 198 g/mol. The van der Waals surface area contributed by atoms with Crippen molar-refractivity contribution in [1.29, 1.82) is 0 Å². The largest absolute Gasteiger partial charge is 0.328 e. The van der Waals surface area contributed by atoms with Gasteiger partial charge in [-0.1, -0.05) is 6.42 Å². The first-order valence-corrected chi connectivity index (χ1v) is 6.42. The number of nitrogens with two attached hydrogens (primary N) is 1. The van der Waals surface area contributed by atoms with E-state index >= 15 is 0 Å². The van der Waals surface area contributed by atoms with Crippen molar-refractivity contribution in [2.75, 3.05) is 0 Å². The Kier molecular flexibility index (Phi) is 3.33. The minimum atomic E-state index is 0.199. The van der Waals surface area contributed by atoms with Gasteiger partial charge in [0.1, 0.15) is 0 Å². The third kappa shape index (κ3) is 2.29. The van der Waals surface area contributed by atoms with E-state index in [-0.39, 0.29) is 6.04 Å². The molecule has 1 heterocycles. The maximum Gasteiger partial charge on any atom is 0.0643 e. The zero-order valence-corrected chi connectivity index (χ0v) is 10.6. The van der Waals surface area contributed by atoms with Crippen molar-refractivity contribution in [2.24, 2.45) is 5.73 Å². The van der Waals surface area contributed by atoms with Crippen LogP contribution in [0.4, 0.5) is 0 Å². The van der Waals surface area contributed by atoms with Crippen LogP contribution in [0, 0.1) is 0 Å². The minimum absolute atomic E-state index is 0.199. The lowest BCUT2D eigenvalue weighted by atomic mass is 9.82. The molecular formula is C13H23N3. The zero-order chi connectivity index (χ0) is 11.7. The van der Waals surface area contributed by atoms with E-state index in [9.17, 15) is 0 Å². The summed E-state index contributed by atoms with van der Waals surface area (Å²) in [5.74, 6) is 0.747. The average Bonchev–Trinajstić information content (AvgIpc) is 2.44. The van der Waals surface area contributed by atoms with Gasteiger partial charge in [0.2, 0.25) is 0 Å². The van der Waals surface area contributed by atoms with Gasteiger partial charge < -0.3 is 5.73 Å². The summed E-state index contributed by atoms with van der Waals surface area (Å²) in [5.41, 5.74) is 8.42. The highest BCUT2D eigenvalue weighted by molar-refractivity contribution is 5.18. The van der Waals surface area contributed by atoms with Gasteiger partial charge in [0, 0.05) is 30.1 Å². The molecule has 1 unspecified atom stereocenters. The second kappa shape index (κ2) is 4.58. The van der Waals surface area contributed by atoms with Crippen molar-refractivity contribution in [3.8, 4) is 0 Å². The fourth-order valence-corrected chi connectivity index (χ4v) is 2.31. The monoisotopic (exact) mass is 221 g/mol. The third-order valence-corrected chi connectivity index (χ3v) is 3.36. The summed E-state index contributed by atoms with van der Waals surface area (Å²) in [6.45, 7) is 6.44. The van der Waals surface area contributed by atoms with Crippen LogP contribution in [0.25, 0.3) is 0 Å². The fourth-order valence-electron chi connectivity index (χ4n) is 2.31. The lowest BCUT2D eigenvalue weighted by molar-refractivity contribution is 0.375. The normalized spacial score (nSPS) is 18.8. The summed E-state index contributed by atoms with van der Waals surface area (Å²) in [7, 11) is 0. The van der Waals surface area contributed by atoms with Crippen LogP contribution in [-0.2, 0) is 6.42 Å². The van der Waals surface area contributed by atoms with Gasteiger partial charge in [-0.3, -0.25) is 4.68 Å². The maximum atomic E-state index is 5.83. The first-order valence-electron chi connectivity index (χ1n) is 6.42. The molecule has 1 aromatic rings. The Hall–Kier alpha value is -0.830. The third-order valence-electron chi connectivity index (χ3n) is 3.36. The van der Waals surface area contributed by atoms with E-state index in [4.69, 9.17) is 5.73 Å². The number of nitrogens with zero attached hydrogens (tertiary/aromatic N) is 2. The van der Waals surface area contributed by atoms with Crippen molar-refractivity contribution >= 4 is 0 Å². The molecule has 0 spiro atoms. The zero-order valence-electron chi connectivity index (χ0n) is 10.6. The van der Waals surface area contributed by atoms with Crippen molar-refractivity contribution in [2.45, 2.75) is 64.5 Å². The van der Waals surface area contributed by atoms with Crippen LogP contribution in [-0.4, -0.2) is 15.8 Å². The molecule has 1 saturated carbocycles. The molecule has 2 N–H and O–H groups in total. The standard InChI is InChI=1S/C13H23N3/c1-9(2)16-13(11-5-4-6-11)8-12(15-16)7-10(3)14/h8-11H,4-7,14H2,1-3H3. The summed E-state index contributed by atoms with van der Waals surface area (Å²) in [5, 5.41) is 4.69. The quantitative estimate of drug-likeness (QED) is 0.849. The predicted octanol–water partition coefficient (Wildman–Crippen LogP) is 2.62. The lowest BCUT2D eigenvalue weighted by Crippen LogP contribution is -2.18. The summed E-state index contributed by atoms with van der Waals surface area (Å²) in [6.07, 6.45) is 4.92. The Morgan fingerprint density at radius 2 is 2.12 bits per heavy atom. The minimum Gasteiger partial charge on any atom is -0.328 e. The van der Waals surface area contributed by atoms with Crippen LogP contribution in [0.5, 0.6) is 0 Å². The van der Waals surface area contributed by atoms with Crippen LogP contribution in [0.15, 0.2) is 6.07 Å². The first-order chi connectivity index (χ1) is 7.58. The van der Waals surface area contributed by atoms with Crippen molar-refractivity contribution in [3.63, 3.8) is 0 Å². The average molecular weight is 221 g/mol. The van der Waals surface area contributed by atoms with E-state index in [0.717, 1.165) is 18.0 Å². The maximum absolute atomic E-state index is 5.83. The Labute approximate surface area is 98.0 Å². The Balaban J connectivity index is 2.22. The van der Waals surface area contributed by atoms with Crippen LogP contribution >= 0.6 is 0 Å². The molecule has 0 aliphatic heterocycles. The van der Waals surface area contributed by atoms with E-state index in [2.05, 4.69) is 29.7 Å². The lowest BCUT2D eigenvalue weighted by Gasteiger charge is -2.27. The van der Waals surface area contributed by atoms with Gasteiger partial charge in [0.25, 0.3) is 0 Å². The van der Waals surface area contributed by atoms with E-state index in [0.29, 0.717) is 6.04 Å². The molecule has 16 heavy (non-hydrogen) atoms. The van der Waals surface area contributed by atoms with Crippen molar-refractivity contribution in [1.82, 2.24) is 9.78 Å². The molecule has 0 aromatic carbocycles. The molecule has 0 amide bonds. The van der Waals surface area contributed by atoms with Crippen molar-refractivity contribution < 1.29 is 0 Å². The SMILES string of the molecule is CC(N)Cc1cc(C2CCC2)n(C(C)C)n1. The fraction of sp³-hybridized carbons (Fsp3) is 0.769. The van der Waals surface area contributed by atoms with Gasteiger partial charge in [-0.2, -0.15) is 5.10 Å². The summed E-state index contributed by atoms with van der Waals surface area (Å²) < 4.78 is 2.20. The second-order valence-corrected chi connectivity index (χ2v) is 5.41. The van der Waals surface area contributed by atoms with E-state index < -0.39 is 0 Å². The van der Waals surface area contributed by atoms with Crippen LogP contribution in [0.3, 0.4) is 0 Å². The van der Waals surface area contributed by atoms with Gasteiger partial charge in [-0.15, -0.1) is 0 Å². The summed E-state index contributed by atoms with van der Waals surface area (Å²) >= 11 is 0. The molecule has 1 atom stereocenters. The Morgan fingerprint density at radius 3 is 2.56 bits per heavy atom. The molecule has 0 saturated heterocycles. The number of hydrogen-bond donors (Lipinski definition) is 1. The molecule has 0 bridgehead atoms. The predicted molar refractivity (Wildman–Crippen MR) is 66.6 cm³/mol. The molecule has 2 rings (SSSR count). The highest BCUT2D eigenvalue weighted by Crippen LogP contribution is 2.37. The van der Waals surface area contributed by atoms with Crippen LogP contribution < -0.4 is 5.73 Å². The molecule has 3 nitrogen and oxygen atoms in total. The number of rotatable bonds is 4. The first kappa shape index (κ1) is 11.6.